The van der Waals surface area contributed by atoms with E-state index in [-0.39, 0.29) is 13.2 Å². The third-order valence-corrected chi connectivity index (χ3v) is 3.82. The van der Waals surface area contributed by atoms with Gasteiger partial charge in [0, 0.05) is 13.2 Å². The normalized spacial score (nSPS) is 11.3. The van der Waals surface area contributed by atoms with Gasteiger partial charge in [-0.2, -0.15) is 0 Å². The molecule has 3 rings (SSSR count). The predicted octanol–water partition coefficient (Wildman–Crippen LogP) is 3.06. The van der Waals surface area contributed by atoms with Gasteiger partial charge in [-0.1, -0.05) is 36.4 Å². The van der Waals surface area contributed by atoms with Crippen molar-refractivity contribution in [2.24, 2.45) is 0 Å². The van der Waals surface area contributed by atoms with Crippen molar-refractivity contribution >= 4 is 21.5 Å². The van der Waals surface area contributed by atoms with E-state index in [1.807, 2.05) is 12.1 Å². The summed E-state index contributed by atoms with van der Waals surface area (Å²) in [5, 5.41) is 23.1. The van der Waals surface area contributed by atoms with Crippen molar-refractivity contribution in [1.29, 1.82) is 0 Å². The lowest BCUT2D eigenvalue weighted by atomic mass is 9.95. The minimum Gasteiger partial charge on any atom is -0.396 e. The van der Waals surface area contributed by atoms with Gasteiger partial charge in [0.15, 0.2) is 0 Å². The van der Waals surface area contributed by atoms with Crippen molar-refractivity contribution in [1.82, 2.24) is 0 Å². The predicted molar refractivity (Wildman–Crippen MR) is 83.0 cm³/mol. The molecule has 2 heteroatoms. The van der Waals surface area contributed by atoms with Crippen LogP contribution in [0.1, 0.15) is 11.1 Å². The molecule has 2 nitrogen and oxygen atoms in total. The third kappa shape index (κ3) is 2.28. The molecule has 0 aliphatic rings. The smallest absolute Gasteiger partial charge is 0.0471 e. The van der Waals surface area contributed by atoms with Crippen molar-refractivity contribution in [3.63, 3.8) is 0 Å². The molecule has 0 saturated carbocycles. The number of hydrogen-bond donors (Lipinski definition) is 2. The fraction of sp³-hybridized carbons (Fsp3) is 0.222. The van der Waals surface area contributed by atoms with Crippen LogP contribution >= 0.6 is 0 Å². The lowest BCUT2D eigenvalue weighted by molar-refractivity contribution is 0.299. The van der Waals surface area contributed by atoms with Crippen LogP contribution in [0.4, 0.5) is 0 Å². The summed E-state index contributed by atoms with van der Waals surface area (Å²) in [7, 11) is 0. The first-order valence-electron chi connectivity index (χ1n) is 6.98. The summed E-state index contributed by atoms with van der Waals surface area (Å²) in [5.41, 5.74) is 2.36. The number of aliphatic hydroxyl groups excluding tert-OH is 2. The van der Waals surface area contributed by atoms with E-state index >= 15 is 0 Å². The average molecular weight is 266 g/mol. The Bertz CT molecular complexity index is 681. The summed E-state index contributed by atoms with van der Waals surface area (Å²) in [5.74, 6) is 0. The molecule has 0 aliphatic heterocycles. The quantitative estimate of drug-likeness (QED) is 0.712. The molecule has 0 unspecified atom stereocenters. The molecule has 0 fully saturated rings. The SMILES string of the molecule is OCCc1cccc2cc3c(CCO)cccc3cc12. The first-order valence-corrected chi connectivity index (χ1v) is 6.98. The summed E-state index contributed by atoms with van der Waals surface area (Å²) < 4.78 is 0. The number of fused-ring (bicyclic) bond motifs is 2. The van der Waals surface area contributed by atoms with Crippen molar-refractivity contribution in [2.45, 2.75) is 12.8 Å². The van der Waals surface area contributed by atoms with Gasteiger partial charge in [0.25, 0.3) is 0 Å². The van der Waals surface area contributed by atoms with Gasteiger partial charge >= 0.3 is 0 Å². The first-order chi connectivity index (χ1) is 9.83. The van der Waals surface area contributed by atoms with E-state index in [1.165, 1.54) is 32.7 Å². The highest BCUT2D eigenvalue weighted by atomic mass is 16.3. The van der Waals surface area contributed by atoms with E-state index < -0.39 is 0 Å². The lowest BCUT2D eigenvalue weighted by Gasteiger charge is -2.10. The molecule has 0 bridgehead atoms. The molecule has 3 aromatic rings. The van der Waals surface area contributed by atoms with E-state index in [0.717, 1.165) is 0 Å². The van der Waals surface area contributed by atoms with Gasteiger partial charge in [-0.25, -0.2) is 0 Å². The maximum Gasteiger partial charge on any atom is 0.0471 e. The van der Waals surface area contributed by atoms with Gasteiger partial charge in [-0.15, -0.1) is 0 Å². The zero-order chi connectivity index (χ0) is 13.9. The van der Waals surface area contributed by atoms with E-state index in [2.05, 4.69) is 36.4 Å². The Labute approximate surface area is 118 Å². The van der Waals surface area contributed by atoms with Crippen LogP contribution in [0.5, 0.6) is 0 Å². The highest BCUT2D eigenvalue weighted by molar-refractivity contribution is 6.00. The summed E-state index contributed by atoms with van der Waals surface area (Å²) in [6.07, 6.45) is 1.36. The molecule has 0 atom stereocenters. The highest BCUT2D eigenvalue weighted by Crippen LogP contribution is 2.28. The summed E-state index contributed by atoms with van der Waals surface area (Å²) in [6.45, 7) is 0.337. The molecular weight excluding hydrogens is 248 g/mol. The average Bonchev–Trinajstić information content (AvgIpc) is 2.47. The van der Waals surface area contributed by atoms with E-state index in [0.29, 0.717) is 12.8 Å². The Morgan fingerprint density at radius 3 is 1.50 bits per heavy atom. The maximum absolute atomic E-state index is 9.18. The number of aliphatic hydroxyl groups is 2. The molecule has 0 amide bonds. The zero-order valence-corrected chi connectivity index (χ0v) is 11.3. The van der Waals surface area contributed by atoms with Gasteiger partial charge in [0.1, 0.15) is 0 Å². The van der Waals surface area contributed by atoms with E-state index in [9.17, 15) is 10.2 Å². The molecule has 3 aromatic carbocycles. The topological polar surface area (TPSA) is 40.5 Å². The van der Waals surface area contributed by atoms with Crippen LogP contribution in [-0.4, -0.2) is 23.4 Å². The van der Waals surface area contributed by atoms with Gasteiger partial charge < -0.3 is 10.2 Å². The summed E-state index contributed by atoms with van der Waals surface area (Å²) >= 11 is 0. The van der Waals surface area contributed by atoms with Crippen LogP contribution in [0.2, 0.25) is 0 Å². The van der Waals surface area contributed by atoms with Crippen molar-refractivity contribution in [3.05, 3.63) is 59.7 Å². The molecule has 2 N–H and O–H groups in total. The molecular formula is C18H18O2. The van der Waals surface area contributed by atoms with Crippen LogP contribution in [0.15, 0.2) is 48.5 Å². The standard InChI is InChI=1S/C18H18O2/c19-9-7-13-3-1-5-15-11-18-14(8-10-20)4-2-6-16(18)12-17(13)15/h1-6,11-12,19-20H,7-10H2. The van der Waals surface area contributed by atoms with E-state index in [4.69, 9.17) is 0 Å². The largest absolute Gasteiger partial charge is 0.396 e. The van der Waals surface area contributed by atoms with Crippen LogP contribution in [0.3, 0.4) is 0 Å². The molecule has 0 aromatic heterocycles. The van der Waals surface area contributed by atoms with Crippen LogP contribution in [-0.2, 0) is 12.8 Å². The Balaban J connectivity index is 2.28. The minimum absolute atomic E-state index is 0.168. The Morgan fingerprint density at radius 1 is 0.650 bits per heavy atom. The zero-order valence-electron chi connectivity index (χ0n) is 11.3. The molecule has 0 aliphatic carbocycles. The fourth-order valence-corrected chi connectivity index (χ4v) is 2.86. The second-order valence-corrected chi connectivity index (χ2v) is 5.08. The molecule has 0 spiro atoms. The molecule has 20 heavy (non-hydrogen) atoms. The molecule has 0 saturated heterocycles. The fourth-order valence-electron chi connectivity index (χ4n) is 2.86. The second kappa shape index (κ2) is 5.61. The monoisotopic (exact) mass is 266 g/mol. The van der Waals surface area contributed by atoms with Gasteiger partial charge in [-0.3, -0.25) is 0 Å². The van der Waals surface area contributed by atoms with Crippen LogP contribution in [0, 0.1) is 0 Å². The van der Waals surface area contributed by atoms with Crippen molar-refractivity contribution < 1.29 is 10.2 Å². The Hall–Kier alpha value is -1.90. The Morgan fingerprint density at radius 2 is 1.10 bits per heavy atom. The molecule has 102 valence electrons. The van der Waals surface area contributed by atoms with Crippen LogP contribution in [0.25, 0.3) is 21.5 Å². The van der Waals surface area contributed by atoms with Crippen LogP contribution < -0.4 is 0 Å². The highest BCUT2D eigenvalue weighted by Gasteiger charge is 2.05. The van der Waals surface area contributed by atoms with Gasteiger partial charge in [-0.05, 0) is 57.6 Å². The van der Waals surface area contributed by atoms with Crippen molar-refractivity contribution in [3.8, 4) is 0 Å². The third-order valence-electron chi connectivity index (χ3n) is 3.82. The minimum atomic E-state index is 0.168. The summed E-state index contributed by atoms with van der Waals surface area (Å²) in [6, 6.07) is 16.8. The second-order valence-electron chi connectivity index (χ2n) is 5.08. The lowest BCUT2D eigenvalue weighted by Crippen LogP contribution is -1.94. The van der Waals surface area contributed by atoms with Crippen molar-refractivity contribution in [2.75, 3.05) is 13.2 Å². The number of benzene rings is 3. The van der Waals surface area contributed by atoms with Gasteiger partial charge in [0.2, 0.25) is 0 Å². The molecule has 0 radical (unpaired) electrons. The van der Waals surface area contributed by atoms with E-state index in [1.54, 1.807) is 0 Å². The number of hydrogen-bond acceptors (Lipinski definition) is 2. The Kier molecular flexibility index (Phi) is 3.68. The number of rotatable bonds is 4. The first kappa shape index (κ1) is 13.1. The maximum atomic E-state index is 9.18. The molecule has 0 heterocycles. The van der Waals surface area contributed by atoms with Gasteiger partial charge in [0.05, 0.1) is 0 Å². The summed E-state index contributed by atoms with van der Waals surface area (Å²) in [4.78, 5) is 0.